The number of hydrogen-bond acceptors (Lipinski definition) is 2. The SMILES string of the molecule is CCCC(=O)NC(C)=NCC. The molecule has 0 aromatic heterocycles. The van der Waals surface area contributed by atoms with Crippen LogP contribution in [0.4, 0.5) is 0 Å². The molecular formula is C8H16N2O. The molecule has 0 saturated heterocycles. The summed E-state index contributed by atoms with van der Waals surface area (Å²) in [5, 5.41) is 2.69. The molecule has 0 aliphatic carbocycles. The third-order valence-electron chi connectivity index (χ3n) is 1.19. The van der Waals surface area contributed by atoms with Crippen molar-refractivity contribution in [3.8, 4) is 0 Å². The summed E-state index contributed by atoms with van der Waals surface area (Å²) in [6.45, 7) is 6.44. The molecule has 0 bridgehead atoms. The van der Waals surface area contributed by atoms with Crippen molar-refractivity contribution in [3.63, 3.8) is 0 Å². The third-order valence-corrected chi connectivity index (χ3v) is 1.19. The van der Waals surface area contributed by atoms with E-state index in [9.17, 15) is 4.79 Å². The zero-order valence-electron chi connectivity index (χ0n) is 7.48. The van der Waals surface area contributed by atoms with Crippen LogP contribution in [0.2, 0.25) is 0 Å². The van der Waals surface area contributed by atoms with Crippen LogP contribution in [-0.2, 0) is 4.79 Å². The molecule has 0 fully saturated rings. The molecule has 1 N–H and O–H groups in total. The van der Waals surface area contributed by atoms with Gasteiger partial charge in [-0.05, 0) is 20.3 Å². The van der Waals surface area contributed by atoms with Crippen molar-refractivity contribution in [2.75, 3.05) is 6.54 Å². The summed E-state index contributed by atoms with van der Waals surface area (Å²) in [5.41, 5.74) is 0. The molecule has 1 amide bonds. The molecule has 3 heteroatoms. The molecule has 0 aromatic rings. The summed E-state index contributed by atoms with van der Waals surface area (Å²) in [7, 11) is 0. The number of nitrogens with zero attached hydrogens (tertiary/aromatic N) is 1. The first-order valence-electron chi connectivity index (χ1n) is 4.01. The molecule has 0 aliphatic heterocycles. The number of rotatable bonds is 3. The van der Waals surface area contributed by atoms with E-state index in [-0.39, 0.29) is 5.91 Å². The number of carbonyl (C=O) groups excluding carboxylic acids is 1. The topological polar surface area (TPSA) is 41.5 Å². The minimum atomic E-state index is 0.0576. The third kappa shape index (κ3) is 5.58. The molecule has 64 valence electrons. The van der Waals surface area contributed by atoms with Crippen LogP contribution in [0, 0.1) is 0 Å². The summed E-state index contributed by atoms with van der Waals surface area (Å²) < 4.78 is 0. The summed E-state index contributed by atoms with van der Waals surface area (Å²) in [4.78, 5) is 15.0. The van der Waals surface area contributed by atoms with Crippen LogP contribution in [-0.4, -0.2) is 18.3 Å². The van der Waals surface area contributed by atoms with Crippen molar-refractivity contribution in [2.45, 2.75) is 33.6 Å². The molecule has 0 heterocycles. The van der Waals surface area contributed by atoms with Crippen molar-refractivity contribution >= 4 is 11.7 Å². The Morgan fingerprint density at radius 2 is 2.09 bits per heavy atom. The Hall–Kier alpha value is -0.860. The van der Waals surface area contributed by atoms with Gasteiger partial charge in [-0.15, -0.1) is 0 Å². The zero-order valence-corrected chi connectivity index (χ0v) is 7.48. The van der Waals surface area contributed by atoms with Crippen LogP contribution in [0.1, 0.15) is 33.6 Å². The molecule has 0 radical (unpaired) electrons. The van der Waals surface area contributed by atoms with Crippen LogP contribution >= 0.6 is 0 Å². The monoisotopic (exact) mass is 156 g/mol. The molecule has 11 heavy (non-hydrogen) atoms. The Balaban J connectivity index is 3.66. The normalized spacial score (nSPS) is 11.4. The predicted molar refractivity (Wildman–Crippen MR) is 46.7 cm³/mol. The Bertz CT molecular complexity index is 152. The number of aliphatic imine (C=N–C) groups is 1. The lowest BCUT2D eigenvalue weighted by Crippen LogP contribution is -2.27. The van der Waals surface area contributed by atoms with Crippen LogP contribution < -0.4 is 5.32 Å². The Morgan fingerprint density at radius 3 is 2.55 bits per heavy atom. The Labute approximate surface area is 67.9 Å². The lowest BCUT2D eigenvalue weighted by molar-refractivity contribution is -0.119. The molecule has 0 atom stereocenters. The van der Waals surface area contributed by atoms with Crippen LogP contribution in [0.15, 0.2) is 4.99 Å². The van der Waals surface area contributed by atoms with Crippen molar-refractivity contribution < 1.29 is 4.79 Å². The van der Waals surface area contributed by atoms with Gasteiger partial charge in [-0.2, -0.15) is 0 Å². The van der Waals surface area contributed by atoms with Crippen molar-refractivity contribution in [1.29, 1.82) is 0 Å². The second-order valence-corrected chi connectivity index (χ2v) is 2.36. The molecule has 0 unspecified atom stereocenters. The molecule has 0 aromatic carbocycles. The smallest absolute Gasteiger partial charge is 0.225 e. The van der Waals surface area contributed by atoms with Crippen molar-refractivity contribution in [2.24, 2.45) is 4.99 Å². The molecule has 3 nitrogen and oxygen atoms in total. The quantitative estimate of drug-likeness (QED) is 0.486. The number of hydrogen-bond donors (Lipinski definition) is 1. The fourth-order valence-corrected chi connectivity index (χ4v) is 0.768. The number of amidine groups is 1. The summed E-state index contributed by atoms with van der Waals surface area (Å²) >= 11 is 0. The second kappa shape index (κ2) is 5.89. The van der Waals surface area contributed by atoms with Crippen LogP contribution in [0.5, 0.6) is 0 Å². The van der Waals surface area contributed by atoms with Gasteiger partial charge in [0.05, 0.1) is 5.84 Å². The fourth-order valence-electron chi connectivity index (χ4n) is 0.768. The number of carbonyl (C=O) groups is 1. The first-order valence-corrected chi connectivity index (χ1v) is 4.01. The van der Waals surface area contributed by atoms with Crippen LogP contribution in [0.25, 0.3) is 0 Å². The van der Waals surface area contributed by atoms with Gasteiger partial charge in [0.25, 0.3) is 0 Å². The van der Waals surface area contributed by atoms with E-state index in [1.165, 1.54) is 0 Å². The summed E-state index contributed by atoms with van der Waals surface area (Å²) in [5.74, 6) is 0.771. The van der Waals surface area contributed by atoms with Gasteiger partial charge in [-0.3, -0.25) is 9.79 Å². The van der Waals surface area contributed by atoms with Gasteiger partial charge in [-0.25, -0.2) is 0 Å². The van der Waals surface area contributed by atoms with Gasteiger partial charge in [0, 0.05) is 13.0 Å². The molecule has 0 rings (SSSR count). The minimum absolute atomic E-state index is 0.0576. The highest BCUT2D eigenvalue weighted by Gasteiger charge is 1.98. The average molecular weight is 156 g/mol. The lowest BCUT2D eigenvalue weighted by atomic mass is 10.3. The molecular weight excluding hydrogens is 140 g/mol. The maximum atomic E-state index is 10.9. The lowest BCUT2D eigenvalue weighted by Gasteiger charge is -2.01. The van der Waals surface area contributed by atoms with Gasteiger partial charge in [0.2, 0.25) is 5.91 Å². The van der Waals surface area contributed by atoms with E-state index in [0.29, 0.717) is 12.3 Å². The first kappa shape index (κ1) is 10.1. The van der Waals surface area contributed by atoms with E-state index in [2.05, 4.69) is 10.3 Å². The standard InChI is InChI=1S/C8H16N2O/c1-4-6-8(11)10-7(3)9-5-2/h4-6H2,1-3H3,(H,9,10,11). The number of nitrogens with one attached hydrogen (secondary N) is 1. The highest BCUT2D eigenvalue weighted by molar-refractivity contribution is 5.96. The Morgan fingerprint density at radius 1 is 1.45 bits per heavy atom. The predicted octanol–water partition coefficient (Wildman–Crippen LogP) is 1.34. The fraction of sp³-hybridized carbons (Fsp3) is 0.750. The Kier molecular flexibility index (Phi) is 5.43. The highest BCUT2D eigenvalue weighted by atomic mass is 16.1. The average Bonchev–Trinajstić information content (AvgIpc) is 1.87. The van der Waals surface area contributed by atoms with E-state index in [0.717, 1.165) is 13.0 Å². The zero-order chi connectivity index (χ0) is 8.69. The van der Waals surface area contributed by atoms with Crippen molar-refractivity contribution in [1.82, 2.24) is 5.32 Å². The maximum Gasteiger partial charge on any atom is 0.225 e. The molecule has 0 spiro atoms. The maximum absolute atomic E-state index is 10.9. The highest BCUT2D eigenvalue weighted by Crippen LogP contribution is 1.85. The van der Waals surface area contributed by atoms with Crippen molar-refractivity contribution in [3.05, 3.63) is 0 Å². The summed E-state index contributed by atoms with van der Waals surface area (Å²) in [6, 6.07) is 0. The number of amides is 1. The first-order chi connectivity index (χ1) is 5.20. The van der Waals surface area contributed by atoms with Gasteiger partial charge >= 0.3 is 0 Å². The van der Waals surface area contributed by atoms with E-state index in [4.69, 9.17) is 0 Å². The van der Waals surface area contributed by atoms with Gasteiger partial charge < -0.3 is 5.32 Å². The van der Waals surface area contributed by atoms with E-state index in [1.54, 1.807) is 6.92 Å². The molecule has 0 saturated carbocycles. The largest absolute Gasteiger partial charge is 0.315 e. The van der Waals surface area contributed by atoms with E-state index >= 15 is 0 Å². The van der Waals surface area contributed by atoms with E-state index < -0.39 is 0 Å². The summed E-state index contributed by atoms with van der Waals surface area (Å²) in [6.07, 6.45) is 1.46. The van der Waals surface area contributed by atoms with Crippen LogP contribution in [0.3, 0.4) is 0 Å². The van der Waals surface area contributed by atoms with Gasteiger partial charge in [0.1, 0.15) is 0 Å². The molecule has 0 aliphatic rings. The second-order valence-electron chi connectivity index (χ2n) is 2.36. The van der Waals surface area contributed by atoms with Gasteiger partial charge in [-0.1, -0.05) is 6.92 Å². The minimum Gasteiger partial charge on any atom is -0.315 e. The van der Waals surface area contributed by atoms with E-state index in [1.807, 2.05) is 13.8 Å². The van der Waals surface area contributed by atoms with Gasteiger partial charge in [0.15, 0.2) is 0 Å².